The molecule has 0 heterocycles. The van der Waals surface area contributed by atoms with Gasteiger partial charge in [0, 0.05) is 13.2 Å². The van der Waals surface area contributed by atoms with Crippen LogP contribution < -0.4 is 5.73 Å². The molecule has 0 aliphatic carbocycles. The van der Waals surface area contributed by atoms with Gasteiger partial charge in [-0.05, 0) is 12.8 Å². The summed E-state index contributed by atoms with van der Waals surface area (Å²) < 4.78 is 10.1. The van der Waals surface area contributed by atoms with E-state index in [0.29, 0.717) is 19.8 Å². The lowest BCUT2D eigenvalue weighted by atomic mass is 10.1. The number of rotatable bonds is 8. The molecule has 0 aliphatic heterocycles. The number of nitrogens with two attached hydrogens (primary N) is 1. The highest BCUT2D eigenvalue weighted by molar-refractivity contribution is 4.95. The van der Waals surface area contributed by atoms with Gasteiger partial charge in [-0.15, -0.1) is 0 Å². The summed E-state index contributed by atoms with van der Waals surface area (Å²) in [6, 6.07) is 0.0734. The molecule has 0 bridgehead atoms. The van der Waals surface area contributed by atoms with E-state index in [1.807, 2.05) is 0 Å². The van der Waals surface area contributed by atoms with Crippen LogP contribution in [0.25, 0.3) is 0 Å². The zero-order chi connectivity index (χ0) is 10.1. The molecule has 0 saturated carbocycles. The molecule has 1 unspecified atom stereocenters. The van der Waals surface area contributed by atoms with Crippen molar-refractivity contribution in [1.82, 2.24) is 0 Å². The van der Waals surface area contributed by atoms with Gasteiger partial charge >= 0.3 is 0 Å². The van der Waals surface area contributed by atoms with Crippen LogP contribution in [-0.4, -0.2) is 33.0 Å². The van der Waals surface area contributed by atoms with Crippen molar-refractivity contribution in [2.24, 2.45) is 5.73 Å². The maximum Gasteiger partial charge on any atom is 0.0701 e. The predicted molar refractivity (Wildman–Crippen MR) is 54.7 cm³/mol. The number of ether oxygens (including phenoxy) is 2. The first-order valence-electron chi connectivity index (χ1n) is 4.69. The summed E-state index contributed by atoms with van der Waals surface area (Å²) >= 11 is 0. The van der Waals surface area contributed by atoms with Crippen molar-refractivity contribution in [1.29, 1.82) is 0 Å². The van der Waals surface area contributed by atoms with Crippen LogP contribution in [0, 0.1) is 0 Å². The Balaban J connectivity index is 3.29. The average molecular weight is 187 g/mol. The molecule has 0 fully saturated rings. The Morgan fingerprint density at radius 2 is 2.15 bits per heavy atom. The molecular formula is C10H21NO2. The van der Waals surface area contributed by atoms with Crippen molar-refractivity contribution < 1.29 is 9.47 Å². The predicted octanol–water partition coefficient (Wildman–Crippen LogP) is 1.33. The van der Waals surface area contributed by atoms with Gasteiger partial charge in [-0.1, -0.05) is 19.1 Å². The third-order valence-electron chi connectivity index (χ3n) is 1.81. The number of hydrogen-bond acceptors (Lipinski definition) is 3. The summed E-state index contributed by atoms with van der Waals surface area (Å²) in [5, 5.41) is 0. The minimum absolute atomic E-state index is 0.0734. The topological polar surface area (TPSA) is 44.5 Å². The van der Waals surface area contributed by atoms with E-state index in [4.69, 9.17) is 15.2 Å². The molecule has 0 amide bonds. The van der Waals surface area contributed by atoms with Crippen molar-refractivity contribution in [3.8, 4) is 0 Å². The van der Waals surface area contributed by atoms with Crippen molar-refractivity contribution >= 4 is 0 Å². The largest absolute Gasteiger partial charge is 0.382 e. The van der Waals surface area contributed by atoms with Gasteiger partial charge in [-0.2, -0.15) is 0 Å². The van der Waals surface area contributed by atoms with Crippen LogP contribution in [-0.2, 0) is 9.47 Å². The molecule has 1 atom stereocenters. The van der Waals surface area contributed by atoms with E-state index < -0.39 is 0 Å². The van der Waals surface area contributed by atoms with E-state index in [1.165, 1.54) is 5.57 Å². The van der Waals surface area contributed by atoms with Gasteiger partial charge in [-0.3, -0.25) is 0 Å². The van der Waals surface area contributed by atoms with Crippen LogP contribution in [0.15, 0.2) is 12.2 Å². The summed E-state index contributed by atoms with van der Waals surface area (Å²) in [6.07, 6.45) is 1.84. The fourth-order valence-corrected chi connectivity index (χ4v) is 0.951. The van der Waals surface area contributed by atoms with Gasteiger partial charge in [-0.25, -0.2) is 0 Å². The molecule has 0 saturated heterocycles. The van der Waals surface area contributed by atoms with Crippen LogP contribution in [0.4, 0.5) is 0 Å². The lowest BCUT2D eigenvalue weighted by Crippen LogP contribution is -2.27. The highest BCUT2D eigenvalue weighted by atomic mass is 16.5. The monoisotopic (exact) mass is 187 g/mol. The van der Waals surface area contributed by atoms with Gasteiger partial charge < -0.3 is 15.2 Å². The highest BCUT2D eigenvalue weighted by Gasteiger charge is 2.03. The molecule has 3 nitrogen and oxygen atoms in total. The molecule has 0 rings (SSSR count). The Labute approximate surface area is 80.9 Å². The first kappa shape index (κ1) is 12.6. The second-order valence-corrected chi connectivity index (χ2v) is 3.14. The summed E-state index contributed by atoms with van der Waals surface area (Å²) in [7, 11) is 1.65. The Kier molecular flexibility index (Phi) is 7.99. The van der Waals surface area contributed by atoms with Crippen molar-refractivity contribution in [3.63, 3.8) is 0 Å². The van der Waals surface area contributed by atoms with Crippen LogP contribution in [0.3, 0.4) is 0 Å². The molecule has 3 heteroatoms. The normalized spacial score (nSPS) is 12.8. The first-order chi connectivity index (χ1) is 6.20. The average Bonchev–Trinajstić information content (AvgIpc) is 2.12. The Hall–Kier alpha value is -0.380. The maximum absolute atomic E-state index is 5.81. The standard InChI is InChI=1S/C10H21NO2/c1-4-9(2)7-10(11)8-13-6-5-12-3/h10H,2,4-8,11H2,1,3H3. The second kappa shape index (κ2) is 8.23. The lowest BCUT2D eigenvalue weighted by molar-refractivity contribution is 0.0636. The third kappa shape index (κ3) is 7.96. The molecule has 0 spiro atoms. The summed E-state index contributed by atoms with van der Waals surface area (Å²) in [4.78, 5) is 0. The first-order valence-corrected chi connectivity index (χ1v) is 4.69. The zero-order valence-corrected chi connectivity index (χ0v) is 8.71. The van der Waals surface area contributed by atoms with Gasteiger partial charge in [0.25, 0.3) is 0 Å². The minimum atomic E-state index is 0.0734. The molecule has 0 aromatic carbocycles. The summed E-state index contributed by atoms with van der Waals surface area (Å²) in [5.41, 5.74) is 6.99. The summed E-state index contributed by atoms with van der Waals surface area (Å²) in [5.74, 6) is 0. The van der Waals surface area contributed by atoms with Crippen LogP contribution in [0.1, 0.15) is 19.8 Å². The van der Waals surface area contributed by atoms with E-state index in [9.17, 15) is 0 Å². The van der Waals surface area contributed by atoms with Gasteiger partial charge in [0.2, 0.25) is 0 Å². The van der Waals surface area contributed by atoms with Crippen LogP contribution in [0.5, 0.6) is 0 Å². The maximum atomic E-state index is 5.81. The van der Waals surface area contributed by atoms with Crippen molar-refractivity contribution in [3.05, 3.63) is 12.2 Å². The third-order valence-corrected chi connectivity index (χ3v) is 1.81. The van der Waals surface area contributed by atoms with Gasteiger partial charge in [0.15, 0.2) is 0 Å². The molecule has 0 aromatic heterocycles. The number of methoxy groups -OCH3 is 1. The van der Waals surface area contributed by atoms with E-state index in [0.717, 1.165) is 12.8 Å². The van der Waals surface area contributed by atoms with Crippen LogP contribution >= 0.6 is 0 Å². The minimum Gasteiger partial charge on any atom is -0.382 e. The Morgan fingerprint density at radius 3 is 2.69 bits per heavy atom. The SMILES string of the molecule is C=C(CC)CC(N)COCCOC. The summed E-state index contributed by atoms with van der Waals surface area (Å²) in [6.45, 7) is 7.81. The molecule has 0 radical (unpaired) electrons. The number of hydrogen-bond donors (Lipinski definition) is 1. The molecular weight excluding hydrogens is 166 g/mol. The highest BCUT2D eigenvalue weighted by Crippen LogP contribution is 2.05. The van der Waals surface area contributed by atoms with E-state index in [1.54, 1.807) is 7.11 Å². The van der Waals surface area contributed by atoms with Crippen molar-refractivity contribution in [2.45, 2.75) is 25.8 Å². The molecule has 0 aromatic rings. The van der Waals surface area contributed by atoms with Crippen molar-refractivity contribution in [2.75, 3.05) is 26.9 Å². The lowest BCUT2D eigenvalue weighted by Gasteiger charge is -2.12. The second-order valence-electron chi connectivity index (χ2n) is 3.14. The molecule has 2 N–H and O–H groups in total. The molecule has 78 valence electrons. The van der Waals surface area contributed by atoms with E-state index in [-0.39, 0.29) is 6.04 Å². The Morgan fingerprint density at radius 1 is 1.46 bits per heavy atom. The fraction of sp³-hybridized carbons (Fsp3) is 0.800. The quantitative estimate of drug-likeness (QED) is 0.460. The fourth-order valence-electron chi connectivity index (χ4n) is 0.951. The molecule has 13 heavy (non-hydrogen) atoms. The van der Waals surface area contributed by atoms with E-state index >= 15 is 0 Å². The van der Waals surface area contributed by atoms with E-state index in [2.05, 4.69) is 13.5 Å². The van der Waals surface area contributed by atoms with Gasteiger partial charge in [0.1, 0.15) is 0 Å². The Bertz CT molecular complexity index is 137. The molecule has 0 aliphatic rings. The zero-order valence-electron chi connectivity index (χ0n) is 8.71. The van der Waals surface area contributed by atoms with Crippen LogP contribution in [0.2, 0.25) is 0 Å². The van der Waals surface area contributed by atoms with Gasteiger partial charge in [0.05, 0.1) is 19.8 Å². The smallest absolute Gasteiger partial charge is 0.0701 e.